The van der Waals surface area contributed by atoms with Crippen molar-refractivity contribution in [2.75, 3.05) is 32.8 Å². The van der Waals surface area contributed by atoms with E-state index in [1.54, 1.807) is 0 Å². The predicted octanol–water partition coefficient (Wildman–Crippen LogP) is 1.88. The van der Waals surface area contributed by atoms with E-state index in [0.717, 1.165) is 19.8 Å². The molecule has 0 spiro atoms. The lowest BCUT2D eigenvalue weighted by Crippen LogP contribution is -2.44. The van der Waals surface area contributed by atoms with Crippen LogP contribution in [0.5, 0.6) is 0 Å². The summed E-state index contributed by atoms with van der Waals surface area (Å²) in [5.41, 5.74) is 0. The quantitative estimate of drug-likeness (QED) is 0.727. The second kappa shape index (κ2) is 8.04. The summed E-state index contributed by atoms with van der Waals surface area (Å²) in [4.78, 5) is 2.55. The minimum absolute atomic E-state index is 0.653. The Morgan fingerprint density at radius 2 is 2.00 bits per heavy atom. The molecule has 0 saturated carbocycles. The maximum atomic E-state index is 5.43. The highest BCUT2D eigenvalue weighted by molar-refractivity contribution is 4.76. The van der Waals surface area contributed by atoms with Gasteiger partial charge in [0, 0.05) is 25.2 Å². The van der Waals surface area contributed by atoms with E-state index in [1.807, 2.05) is 0 Å². The highest BCUT2D eigenvalue weighted by Crippen LogP contribution is 2.08. The average molecular weight is 228 g/mol. The van der Waals surface area contributed by atoms with Gasteiger partial charge in [-0.15, -0.1) is 0 Å². The normalized spacial score (nSPS) is 28.7. The Bertz CT molecular complexity index is 175. The summed E-state index contributed by atoms with van der Waals surface area (Å²) in [6, 6.07) is 1.35. The van der Waals surface area contributed by atoms with Gasteiger partial charge in [0.15, 0.2) is 0 Å². The van der Waals surface area contributed by atoms with E-state index >= 15 is 0 Å². The Morgan fingerprint density at radius 3 is 2.69 bits per heavy atom. The Balaban J connectivity index is 2.29. The molecule has 3 heteroatoms. The Labute approximate surface area is 101 Å². The fourth-order valence-electron chi connectivity index (χ4n) is 2.28. The summed E-state index contributed by atoms with van der Waals surface area (Å²) < 4.78 is 5.43. The van der Waals surface area contributed by atoms with Crippen LogP contribution in [0.25, 0.3) is 0 Å². The van der Waals surface area contributed by atoms with E-state index in [9.17, 15) is 0 Å². The van der Waals surface area contributed by atoms with E-state index < -0.39 is 0 Å². The van der Waals surface area contributed by atoms with Crippen LogP contribution in [-0.4, -0.2) is 49.8 Å². The van der Waals surface area contributed by atoms with Crippen molar-refractivity contribution in [1.29, 1.82) is 0 Å². The van der Waals surface area contributed by atoms with Gasteiger partial charge >= 0.3 is 0 Å². The molecule has 0 aromatic rings. The maximum absolute atomic E-state index is 5.43. The fraction of sp³-hybridized carbons (Fsp3) is 1.00. The summed E-state index contributed by atoms with van der Waals surface area (Å²) in [5.74, 6) is 0. The van der Waals surface area contributed by atoms with Crippen molar-refractivity contribution in [3.8, 4) is 0 Å². The minimum Gasteiger partial charge on any atom is -0.380 e. The zero-order valence-electron chi connectivity index (χ0n) is 11.2. The summed E-state index contributed by atoms with van der Waals surface area (Å²) in [7, 11) is 0. The van der Waals surface area contributed by atoms with E-state index in [4.69, 9.17) is 4.74 Å². The summed E-state index contributed by atoms with van der Waals surface area (Å²) >= 11 is 0. The second-order valence-corrected chi connectivity index (χ2v) is 4.79. The van der Waals surface area contributed by atoms with Gasteiger partial charge in [0.05, 0.1) is 6.61 Å². The molecule has 0 aromatic heterocycles. The first-order valence-electron chi connectivity index (χ1n) is 6.82. The number of nitrogens with zero attached hydrogens (tertiary/aromatic N) is 1. The SMILES string of the molecule is CCOCCN1CCC(C)NC(CC)CC1. The first-order chi connectivity index (χ1) is 7.76. The topological polar surface area (TPSA) is 24.5 Å². The lowest BCUT2D eigenvalue weighted by molar-refractivity contribution is 0.105. The molecule has 2 unspecified atom stereocenters. The molecule has 1 fully saturated rings. The highest BCUT2D eigenvalue weighted by Gasteiger charge is 2.16. The molecule has 1 aliphatic rings. The van der Waals surface area contributed by atoms with Crippen molar-refractivity contribution in [3.63, 3.8) is 0 Å². The van der Waals surface area contributed by atoms with Gasteiger partial charge in [0.25, 0.3) is 0 Å². The lowest BCUT2D eigenvalue weighted by Gasteiger charge is -2.31. The summed E-state index contributed by atoms with van der Waals surface area (Å²) in [5, 5.41) is 3.70. The molecule has 3 nitrogen and oxygen atoms in total. The molecule has 2 atom stereocenters. The van der Waals surface area contributed by atoms with Gasteiger partial charge in [-0.3, -0.25) is 0 Å². The number of ether oxygens (including phenoxy) is 1. The van der Waals surface area contributed by atoms with Crippen LogP contribution >= 0.6 is 0 Å². The van der Waals surface area contributed by atoms with Crippen LogP contribution in [0.1, 0.15) is 40.0 Å². The highest BCUT2D eigenvalue weighted by atomic mass is 16.5. The van der Waals surface area contributed by atoms with E-state index in [2.05, 4.69) is 31.0 Å². The molecule has 1 rings (SSSR count). The number of hydrogen-bond donors (Lipinski definition) is 1. The zero-order valence-corrected chi connectivity index (χ0v) is 11.2. The van der Waals surface area contributed by atoms with Gasteiger partial charge in [0.1, 0.15) is 0 Å². The number of hydrogen-bond acceptors (Lipinski definition) is 3. The van der Waals surface area contributed by atoms with Crippen LogP contribution in [0, 0.1) is 0 Å². The molecule has 1 N–H and O–H groups in total. The molecule has 0 amide bonds. The average Bonchev–Trinajstić information content (AvgIpc) is 2.27. The molecule has 0 bridgehead atoms. The van der Waals surface area contributed by atoms with Crippen molar-refractivity contribution < 1.29 is 4.74 Å². The summed E-state index contributed by atoms with van der Waals surface area (Å²) in [6.45, 7) is 11.9. The van der Waals surface area contributed by atoms with E-state index in [0.29, 0.717) is 12.1 Å². The standard InChI is InChI=1S/C13H28N2O/c1-4-13-7-9-15(10-11-16-5-2)8-6-12(3)14-13/h12-14H,4-11H2,1-3H3. The molecular weight excluding hydrogens is 200 g/mol. The van der Waals surface area contributed by atoms with Crippen LogP contribution in [0.4, 0.5) is 0 Å². The molecule has 1 heterocycles. The van der Waals surface area contributed by atoms with E-state index in [-0.39, 0.29) is 0 Å². The first kappa shape index (κ1) is 13.9. The van der Waals surface area contributed by atoms with Gasteiger partial charge in [-0.2, -0.15) is 0 Å². The molecule has 0 radical (unpaired) electrons. The van der Waals surface area contributed by atoms with Crippen LogP contribution in [0.3, 0.4) is 0 Å². The molecule has 0 aromatic carbocycles. The third kappa shape index (κ3) is 5.28. The van der Waals surface area contributed by atoms with Gasteiger partial charge in [0.2, 0.25) is 0 Å². The molecule has 0 aliphatic carbocycles. The van der Waals surface area contributed by atoms with Crippen molar-refractivity contribution in [2.24, 2.45) is 0 Å². The zero-order chi connectivity index (χ0) is 11.8. The van der Waals surface area contributed by atoms with Gasteiger partial charge < -0.3 is 15.0 Å². The van der Waals surface area contributed by atoms with Gasteiger partial charge in [-0.25, -0.2) is 0 Å². The number of nitrogens with one attached hydrogen (secondary N) is 1. The molecule has 16 heavy (non-hydrogen) atoms. The van der Waals surface area contributed by atoms with Crippen molar-refractivity contribution >= 4 is 0 Å². The minimum atomic E-state index is 0.653. The van der Waals surface area contributed by atoms with Crippen LogP contribution in [-0.2, 0) is 4.74 Å². The molecular formula is C13H28N2O. The van der Waals surface area contributed by atoms with Gasteiger partial charge in [-0.1, -0.05) is 6.92 Å². The third-order valence-electron chi connectivity index (χ3n) is 3.44. The van der Waals surface area contributed by atoms with Crippen LogP contribution in [0.15, 0.2) is 0 Å². The Kier molecular flexibility index (Phi) is 7.01. The largest absolute Gasteiger partial charge is 0.380 e. The predicted molar refractivity (Wildman–Crippen MR) is 68.8 cm³/mol. The summed E-state index contributed by atoms with van der Waals surface area (Å²) in [6.07, 6.45) is 3.76. The third-order valence-corrected chi connectivity index (χ3v) is 3.44. The molecule has 1 aliphatic heterocycles. The first-order valence-corrected chi connectivity index (χ1v) is 6.82. The van der Waals surface area contributed by atoms with Crippen molar-refractivity contribution in [1.82, 2.24) is 10.2 Å². The van der Waals surface area contributed by atoms with E-state index in [1.165, 1.54) is 32.4 Å². The monoisotopic (exact) mass is 228 g/mol. The fourth-order valence-corrected chi connectivity index (χ4v) is 2.28. The Morgan fingerprint density at radius 1 is 1.25 bits per heavy atom. The van der Waals surface area contributed by atoms with Gasteiger partial charge in [-0.05, 0) is 46.2 Å². The molecule has 96 valence electrons. The Hall–Kier alpha value is -0.120. The van der Waals surface area contributed by atoms with Crippen molar-refractivity contribution in [2.45, 2.75) is 52.1 Å². The molecule has 1 saturated heterocycles. The van der Waals surface area contributed by atoms with Crippen molar-refractivity contribution in [3.05, 3.63) is 0 Å². The lowest BCUT2D eigenvalue weighted by atomic mass is 10.1. The smallest absolute Gasteiger partial charge is 0.0593 e. The van der Waals surface area contributed by atoms with Crippen LogP contribution < -0.4 is 5.32 Å². The number of rotatable bonds is 5. The maximum Gasteiger partial charge on any atom is 0.0593 e. The second-order valence-electron chi connectivity index (χ2n) is 4.79. The van der Waals surface area contributed by atoms with Crippen LogP contribution in [0.2, 0.25) is 0 Å².